The molecule has 1 fully saturated rings. The van der Waals surface area contributed by atoms with Gasteiger partial charge in [0.2, 0.25) is 0 Å². The van der Waals surface area contributed by atoms with E-state index in [9.17, 15) is 4.79 Å². The molecule has 1 atom stereocenters. The molecule has 1 rings (SSSR count). The van der Waals surface area contributed by atoms with Crippen molar-refractivity contribution in [1.29, 1.82) is 0 Å². The van der Waals surface area contributed by atoms with Gasteiger partial charge in [0, 0.05) is 6.42 Å². The van der Waals surface area contributed by atoms with Crippen molar-refractivity contribution >= 4 is 29.0 Å². The third-order valence-electron chi connectivity index (χ3n) is 1.88. The molecule has 0 saturated heterocycles. The molecule has 0 spiro atoms. The molecule has 0 radical (unpaired) electrons. The molecule has 1 aliphatic rings. The highest BCUT2D eigenvalue weighted by atomic mass is 35.5. The summed E-state index contributed by atoms with van der Waals surface area (Å²) in [6.45, 7) is 2.06. The molecule has 1 saturated carbocycles. The lowest BCUT2D eigenvalue weighted by Crippen LogP contribution is -2.32. The number of carbonyl (C=O) groups is 1. The summed E-state index contributed by atoms with van der Waals surface area (Å²) in [5.41, 5.74) is 0. The Morgan fingerprint density at radius 1 is 1.60 bits per heavy atom. The van der Waals surface area contributed by atoms with Crippen molar-refractivity contribution in [2.24, 2.45) is 5.92 Å². The van der Waals surface area contributed by atoms with E-state index in [0.29, 0.717) is 18.8 Å². The van der Waals surface area contributed by atoms with Crippen LogP contribution in [0.2, 0.25) is 0 Å². The van der Waals surface area contributed by atoms with Gasteiger partial charge in [-0.15, -0.1) is 0 Å². The van der Waals surface area contributed by atoms with Gasteiger partial charge in [-0.25, -0.2) is 0 Å². The van der Waals surface area contributed by atoms with E-state index in [1.807, 2.05) is 0 Å². The lowest BCUT2D eigenvalue weighted by atomic mass is 9.89. The van der Waals surface area contributed by atoms with Gasteiger partial charge < -0.3 is 0 Å². The van der Waals surface area contributed by atoms with E-state index in [0.717, 1.165) is 6.42 Å². The Morgan fingerprint density at radius 2 is 2.20 bits per heavy atom. The van der Waals surface area contributed by atoms with E-state index in [2.05, 4.69) is 6.92 Å². The minimum Gasteiger partial charge on any atom is -0.296 e. The van der Waals surface area contributed by atoms with Gasteiger partial charge in [0.25, 0.3) is 0 Å². The summed E-state index contributed by atoms with van der Waals surface area (Å²) in [6, 6.07) is 0. The second-order valence-corrected chi connectivity index (χ2v) is 4.46. The van der Waals surface area contributed by atoms with Crippen molar-refractivity contribution in [2.45, 2.75) is 30.5 Å². The van der Waals surface area contributed by atoms with Crippen LogP contribution in [0.3, 0.4) is 0 Å². The maximum absolute atomic E-state index is 11.0. The first-order chi connectivity index (χ1) is 4.52. The topological polar surface area (TPSA) is 17.1 Å². The summed E-state index contributed by atoms with van der Waals surface area (Å²) in [6.07, 6.45) is 2.07. The first-order valence-corrected chi connectivity index (χ1v) is 4.19. The second kappa shape index (κ2) is 2.71. The van der Waals surface area contributed by atoms with Crippen molar-refractivity contribution < 1.29 is 4.79 Å². The minimum absolute atomic E-state index is 0.0195. The number of alkyl halides is 2. The zero-order valence-electron chi connectivity index (χ0n) is 5.86. The summed E-state index contributed by atoms with van der Waals surface area (Å²) in [5.74, 6) is 0.460. The van der Waals surface area contributed by atoms with Crippen molar-refractivity contribution in [1.82, 2.24) is 0 Å². The molecular formula is C7H10Cl2O. The molecule has 3 heteroatoms. The molecule has 1 unspecified atom stereocenters. The average molecular weight is 181 g/mol. The fourth-order valence-corrected chi connectivity index (χ4v) is 1.93. The van der Waals surface area contributed by atoms with Gasteiger partial charge >= 0.3 is 0 Å². The average Bonchev–Trinajstić information content (AvgIpc) is 1.78. The first-order valence-electron chi connectivity index (χ1n) is 3.43. The Bertz CT molecular complexity index is 154. The maximum atomic E-state index is 11.0. The van der Waals surface area contributed by atoms with Crippen LogP contribution in [0.15, 0.2) is 0 Å². The number of halogens is 2. The molecule has 0 amide bonds. The fraction of sp³-hybridized carbons (Fsp3) is 0.857. The first kappa shape index (κ1) is 8.35. The zero-order chi connectivity index (χ0) is 7.78. The van der Waals surface area contributed by atoms with E-state index in [1.165, 1.54) is 0 Å². The largest absolute Gasteiger partial charge is 0.296 e. The molecule has 10 heavy (non-hydrogen) atoms. The Hall–Kier alpha value is 0.250. The molecule has 58 valence electrons. The number of ketones is 1. The monoisotopic (exact) mass is 180 g/mol. The standard InChI is InChI=1S/C7H10Cl2O/c1-5-2-3-6(10)7(8,9)4-5/h5H,2-4H2,1H3. The van der Waals surface area contributed by atoms with Gasteiger partial charge in [0.1, 0.15) is 0 Å². The number of rotatable bonds is 0. The summed E-state index contributed by atoms with van der Waals surface area (Å²) < 4.78 is -1.09. The van der Waals surface area contributed by atoms with Crippen molar-refractivity contribution in [3.8, 4) is 0 Å². The molecule has 1 aliphatic carbocycles. The fourth-order valence-electron chi connectivity index (χ4n) is 1.21. The van der Waals surface area contributed by atoms with Crippen LogP contribution in [0.4, 0.5) is 0 Å². The Kier molecular flexibility index (Phi) is 2.26. The molecule has 0 N–H and O–H groups in total. The third-order valence-corrected chi connectivity index (χ3v) is 2.61. The van der Waals surface area contributed by atoms with Crippen molar-refractivity contribution in [3.05, 3.63) is 0 Å². The molecule has 0 bridgehead atoms. The highest BCUT2D eigenvalue weighted by Gasteiger charge is 2.38. The highest BCUT2D eigenvalue weighted by molar-refractivity contribution is 6.58. The summed E-state index contributed by atoms with van der Waals surface area (Å²) >= 11 is 11.5. The molecule has 0 aromatic rings. The third kappa shape index (κ3) is 1.64. The van der Waals surface area contributed by atoms with E-state index in [4.69, 9.17) is 23.2 Å². The lowest BCUT2D eigenvalue weighted by Gasteiger charge is -2.27. The van der Waals surface area contributed by atoms with E-state index in [1.54, 1.807) is 0 Å². The van der Waals surface area contributed by atoms with Crippen molar-refractivity contribution in [3.63, 3.8) is 0 Å². The van der Waals surface area contributed by atoms with Crippen LogP contribution in [-0.2, 0) is 4.79 Å². The number of hydrogen-bond donors (Lipinski definition) is 0. The smallest absolute Gasteiger partial charge is 0.176 e. The van der Waals surface area contributed by atoms with Crippen LogP contribution in [0, 0.1) is 5.92 Å². The molecule has 1 nitrogen and oxygen atoms in total. The second-order valence-electron chi connectivity index (χ2n) is 2.98. The number of carbonyl (C=O) groups excluding carboxylic acids is 1. The molecule has 0 aromatic carbocycles. The molecule has 0 heterocycles. The molecular weight excluding hydrogens is 171 g/mol. The predicted octanol–water partition coefficient (Wildman–Crippen LogP) is 2.55. The quantitative estimate of drug-likeness (QED) is 0.525. The van der Waals surface area contributed by atoms with Crippen LogP contribution in [0.1, 0.15) is 26.2 Å². The maximum Gasteiger partial charge on any atom is 0.176 e. The Morgan fingerprint density at radius 3 is 2.60 bits per heavy atom. The van der Waals surface area contributed by atoms with Gasteiger partial charge in [-0.3, -0.25) is 4.79 Å². The van der Waals surface area contributed by atoms with Crippen LogP contribution >= 0.6 is 23.2 Å². The lowest BCUT2D eigenvalue weighted by molar-refractivity contribution is -0.121. The van der Waals surface area contributed by atoms with Crippen LogP contribution < -0.4 is 0 Å². The van der Waals surface area contributed by atoms with Gasteiger partial charge in [-0.1, -0.05) is 30.1 Å². The van der Waals surface area contributed by atoms with Gasteiger partial charge in [-0.2, -0.15) is 0 Å². The van der Waals surface area contributed by atoms with Crippen molar-refractivity contribution in [2.75, 3.05) is 0 Å². The summed E-state index contributed by atoms with van der Waals surface area (Å²) in [7, 11) is 0. The minimum atomic E-state index is -1.09. The van der Waals surface area contributed by atoms with Crippen LogP contribution in [0.5, 0.6) is 0 Å². The highest BCUT2D eigenvalue weighted by Crippen LogP contribution is 2.37. The van der Waals surface area contributed by atoms with Gasteiger partial charge in [0.15, 0.2) is 10.1 Å². The van der Waals surface area contributed by atoms with E-state index >= 15 is 0 Å². The van der Waals surface area contributed by atoms with E-state index < -0.39 is 4.33 Å². The predicted molar refractivity (Wildman–Crippen MR) is 42.5 cm³/mol. The SMILES string of the molecule is CC1CCC(=O)C(Cl)(Cl)C1. The van der Waals surface area contributed by atoms with Gasteiger partial charge in [-0.05, 0) is 18.8 Å². The van der Waals surface area contributed by atoms with Crippen LogP contribution in [-0.4, -0.2) is 10.1 Å². The number of hydrogen-bond acceptors (Lipinski definition) is 1. The number of Topliss-reactive ketones (excluding diaryl/α,β-unsaturated/α-hetero) is 1. The summed E-state index contributed by atoms with van der Waals surface area (Å²) in [5, 5.41) is 0. The normalized spacial score (nSPS) is 32.3. The Balaban J connectivity index is 2.63. The van der Waals surface area contributed by atoms with E-state index in [-0.39, 0.29) is 5.78 Å². The molecule has 0 aliphatic heterocycles. The van der Waals surface area contributed by atoms with Crippen LogP contribution in [0.25, 0.3) is 0 Å². The summed E-state index contributed by atoms with van der Waals surface area (Å²) in [4.78, 5) is 11.0. The Labute approximate surface area is 70.7 Å². The zero-order valence-corrected chi connectivity index (χ0v) is 7.37. The van der Waals surface area contributed by atoms with Gasteiger partial charge in [0.05, 0.1) is 0 Å². The molecule has 0 aromatic heterocycles.